The zero-order valence-corrected chi connectivity index (χ0v) is 13.3. The summed E-state index contributed by atoms with van der Waals surface area (Å²) in [7, 11) is 3.19. The molecule has 0 saturated carbocycles. The highest BCUT2D eigenvalue weighted by Crippen LogP contribution is 2.29. The summed E-state index contributed by atoms with van der Waals surface area (Å²) in [5, 5.41) is 4.36. The number of ether oxygens (including phenoxy) is 3. The third-order valence-electron chi connectivity index (χ3n) is 3.22. The molecule has 0 aliphatic heterocycles. The van der Waals surface area contributed by atoms with E-state index in [1.54, 1.807) is 31.9 Å². The number of rotatable bonds is 6. The van der Waals surface area contributed by atoms with Crippen molar-refractivity contribution in [3.05, 3.63) is 41.2 Å². The van der Waals surface area contributed by atoms with Crippen LogP contribution >= 0.6 is 0 Å². The van der Waals surface area contributed by atoms with Crippen LogP contribution in [0.1, 0.15) is 28.7 Å². The van der Waals surface area contributed by atoms with Gasteiger partial charge in [-0.3, -0.25) is 4.68 Å². The van der Waals surface area contributed by atoms with Crippen molar-refractivity contribution in [3.8, 4) is 11.5 Å². The molecule has 0 aliphatic carbocycles. The molecule has 2 aromatic rings. The Morgan fingerprint density at radius 1 is 1.23 bits per heavy atom. The third-order valence-corrected chi connectivity index (χ3v) is 3.22. The summed E-state index contributed by atoms with van der Waals surface area (Å²) < 4.78 is 17.4. The first-order valence-electron chi connectivity index (χ1n) is 7.02. The Morgan fingerprint density at radius 2 is 1.86 bits per heavy atom. The second-order valence-corrected chi connectivity index (χ2v) is 4.69. The van der Waals surface area contributed by atoms with Gasteiger partial charge in [0.2, 0.25) is 0 Å². The molecule has 118 valence electrons. The van der Waals surface area contributed by atoms with Gasteiger partial charge in [-0.2, -0.15) is 5.10 Å². The Morgan fingerprint density at radius 3 is 2.41 bits per heavy atom. The number of benzene rings is 1. The van der Waals surface area contributed by atoms with Crippen LogP contribution in [0.25, 0.3) is 0 Å². The summed E-state index contributed by atoms with van der Waals surface area (Å²) in [6.45, 7) is 4.28. The van der Waals surface area contributed by atoms with E-state index in [2.05, 4.69) is 5.10 Å². The average molecular weight is 304 g/mol. The third kappa shape index (κ3) is 3.21. The standard InChI is InChI=1S/C16H20N2O4/c1-5-22-16(19)13-9-11(2)17-18(13)10-12-14(20-3)7-6-8-15(12)21-4/h6-9H,5,10H2,1-4H3. The summed E-state index contributed by atoms with van der Waals surface area (Å²) in [6, 6.07) is 7.25. The van der Waals surface area contributed by atoms with E-state index in [9.17, 15) is 4.79 Å². The maximum atomic E-state index is 12.0. The van der Waals surface area contributed by atoms with Crippen LogP contribution in [0.5, 0.6) is 11.5 Å². The van der Waals surface area contributed by atoms with Crippen molar-refractivity contribution in [3.63, 3.8) is 0 Å². The number of esters is 1. The van der Waals surface area contributed by atoms with E-state index in [1.165, 1.54) is 0 Å². The van der Waals surface area contributed by atoms with Crippen LogP contribution in [0.3, 0.4) is 0 Å². The van der Waals surface area contributed by atoms with Gasteiger partial charge in [-0.15, -0.1) is 0 Å². The Hall–Kier alpha value is -2.50. The second-order valence-electron chi connectivity index (χ2n) is 4.69. The van der Waals surface area contributed by atoms with Gasteiger partial charge in [-0.05, 0) is 32.0 Å². The van der Waals surface area contributed by atoms with Gasteiger partial charge < -0.3 is 14.2 Å². The lowest BCUT2D eigenvalue weighted by Gasteiger charge is -2.14. The van der Waals surface area contributed by atoms with Gasteiger partial charge in [0.05, 0.1) is 38.6 Å². The van der Waals surface area contributed by atoms with Gasteiger partial charge in [0.1, 0.15) is 17.2 Å². The molecule has 6 nitrogen and oxygen atoms in total. The van der Waals surface area contributed by atoms with Crippen molar-refractivity contribution in [1.29, 1.82) is 0 Å². The zero-order valence-electron chi connectivity index (χ0n) is 13.3. The molecule has 1 aromatic heterocycles. The molecule has 0 N–H and O–H groups in total. The Labute approximate surface area is 129 Å². The summed E-state index contributed by atoms with van der Waals surface area (Å²) in [5.41, 5.74) is 1.98. The number of hydrogen-bond donors (Lipinski definition) is 0. The first kappa shape index (κ1) is 15.9. The zero-order chi connectivity index (χ0) is 16.1. The van der Waals surface area contributed by atoms with Crippen molar-refractivity contribution >= 4 is 5.97 Å². The van der Waals surface area contributed by atoms with Gasteiger partial charge in [-0.1, -0.05) is 6.07 Å². The van der Waals surface area contributed by atoms with Gasteiger partial charge >= 0.3 is 5.97 Å². The van der Waals surface area contributed by atoms with Crippen LogP contribution < -0.4 is 9.47 Å². The quantitative estimate of drug-likeness (QED) is 0.767. The van der Waals surface area contributed by atoms with Crippen LogP contribution in [0.15, 0.2) is 24.3 Å². The first-order valence-corrected chi connectivity index (χ1v) is 7.02. The van der Waals surface area contributed by atoms with E-state index in [4.69, 9.17) is 14.2 Å². The van der Waals surface area contributed by atoms with Crippen LogP contribution in [0, 0.1) is 6.92 Å². The minimum atomic E-state index is -0.392. The van der Waals surface area contributed by atoms with E-state index in [0.29, 0.717) is 30.3 Å². The number of aromatic nitrogens is 2. The van der Waals surface area contributed by atoms with E-state index < -0.39 is 5.97 Å². The highest BCUT2D eigenvalue weighted by molar-refractivity contribution is 5.87. The van der Waals surface area contributed by atoms with E-state index in [0.717, 1.165) is 11.3 Å². The molecule has 0 spiro atoms. The normalized spacial score (nSPS) is 10.4. The van der Waals surface area contributed by atoms with Crippen LogP contribution in [-0.2, 0) is 11.3 Å². The largest absolute Gasteiger partial charge is 0.496 e. The highest BCUT2D eigenvalue weighted by Gasteiger charge is 2.18. The fourth-order valence-corrected chi connectivity index (χ4v) is 2.27. The van der Waals surface area contributed by atoms with E-state index in [1.807, 2.05) is 25.1 Å². The molecule has 1 heterocycles. The second kappa shape index (κ2) is 6.98. The maximum absolute atomic E-state index is 12.0. The SMILES string of the molecule is CCOC(=O)c1cc(C)nn1Cc1c(OC)cccc1OC. The highest BCUT2D eigenvalue weighted by atomic mass is 16.5. The molecular formula is C16H20N2O4. The molecule has 6 heteroatoms. The number of nitrogens with zero attached hydrogens (tertiary/aromatic N) is 2. The van der Waals surface area contributed by atoms with Gasteiger partial charge in [0, 0.05) is 0 Å². The van der Waals surface area contributed by atoms with Crippen LogP contribution in [0.2, 0.25) is 0 Å². The van der Waals surface area contributed by atoms with Crippen LogP contribution in [0.4, 0.5) is 0 Å². The van der Waals surface area contributed by atoms with Crippen molar-refractivity contribution in [2.45, 2.75) is 20.4 Å². The molecular weight excluding hydrogens is 284 g/mol. The predicted molar refractivity (Wildman–Crippen MR) is 81.6 cm³/mol. The molecule has 0 amide bonds. The topological polar surface area (TPSA) is 62.6 Å². The van der Waals surface area contributed by atoms with E-state index in [-0.39, 0.29) is 0 Å². The smallest absolute Gasteiger partial charge is 0.356 e. The number of hydrogen-bond acceptors (Lipinski definition) is 5. The van der Waals surface area contributed by atoms with Crippen molar-refractivity contribution < 1.29 is 19.0 Å². The minimum absolute atomic E-state index is 0.320. The summed E-state index contributed by atoms with van der Waals surface area (Å²) in [4.78, 5) is 12.0. The first-order chi connectivity index (χ1) is 10.6. The van der Waals surface area contributed by atoms with E-state index >= 15 is 0 Å². The molecule has 22 heavy (non-hydrogen) atoms. The Balaban J connectivity index is 2.41. The fraction of sp³-hybridized carbons (Fsp3) is 0.375. The average Bonchev–Trinajstić information content (AvgIpc) is 2.88. The molecule has 0 radical (unpaired) electrons. The Kier molecular flexibility index (Phi) is 5.04. The molecule has 0 saturated heterocycles. The molecule has 0 atom stereocenters. The summed E-state index contributed by atoms with van der Waals surface area (Å²) in [5.74, 6) is 0.974. The van der Waals surface area contributed by atoms with Crippen molar-refractivity contribution in [2.24, 2.45) is 0 Å². The van der Waals surface area contributed by atoms with Crippen LogP contribution in [-0.4, -0.2) is 36.6 Å². The molecule has 2 rings (SSSR count). The van der Waals surface area contributed by atoms with Crippen molar-refractivity contribution in [2.75, 3.05) is 20.8 Å². The summed E-state index contributed by atoms with van der Waals surface area (Å²) >= 11 is 0. The minimum Gasteiger partial charge on any atom is -0.496 e. The lowest BCUT2D eigenvalue weighted by atomic mass is 10.1. The number of carbonyl (C=O) groups excluding carboxylic acids is 1. The molecule has 0 fully saturated rings. The number of aryl methyl sites for hydroxylation is 1. The summed E-state index contributed by atoms with van der Waals surface area (Å²) in [6.07, 6.45) is 0. The number of carbonyl (C=O) groups is 1. The fourth-order valence-electron chi connectivity index (χ4n) is 2.27. The molecule has 1 aromatic carbocycles. The number of methoxy groups -OCH3 is 2. The predicted octanol–water partition coefficient (Wildman–Crippen LogP) is 2.43. The lowest BCUT2D eigenvalue weighted by Crippen LogP contribution is -2.15. The van der Waals surface area contributed by atoms with Gasteiger partial charge in [0.15, 0.2) is 0 Å². The van der Waals surface area contributed by atoms with Crippen molar-refractivity contribution in [1.82, 2.24) is 9.78 Å². The van der Waals surface area contributed by atoms with Gasteiger partial charge in [-0.25, -0.2) is 4.79 Å². The Bertz CT molecular complexity index is 642. The molecule has 0 bridgehead atoms. The molecule has 0 aliphatic rings. The monoisotopic (exact) mass is 304 g/mol. The maximum Gasteiger partial charge on any atom is 0.356 e. The molecule has 0 unspecified atom stereocenters. The lowest BCUT2D eigenvalue weighted by molar-refractivity contribution is 0.0512. The van der Waals surface area contributed by atoms with Gasteiger partial charge in [0.25, 0.3) is 0 Å².